The molecule has 7 heteroatoms. The zero-order valence-electron chi connectivity index (χ0n) is 12.1. The maximum Gasteiger partial charge on any atom is 0.214 e. The lowest BCUT2D eigenvalue weighted by Crippen LogP contribution is -2.22. The Morgan fingerprint density at radius 1 is 1.36 bits per heavy atom. The fourth-order valence-corrected chi connectivity index (χ4v) is 3.40. The van der Waals surface area contributed by atoms with Gasteiger partial charge in [0.05, 0.1) is 11.9 Å². The molecule has 1 saturated heterocycles. The van der Waals surface area contributed by atoms with E-state index in [9.17, 15) is 0 Å². The fraction of sp³-hybridized carbons (Fsp3) is 0.400. The zero-order chi connectivity index (χ0) is 14.8. The van der Waals surface area contributed by atoms with Crippen molar-refractivity contribution in [3.8, 4) is 11.3 Å². The van der Waals surface area contributed by atoms with Gasteiger partial charge in [0.2, 0.25) is 10.1 Å². The van der Waals surface area contributed by atoms with E-state index in [2.05, 4.69) is 20.4 Å². The number of hydrogen-bond acceptors (Lipinski definition) is 6. The molecule has 1 fully saturated rings. The Morgan fingerprint density at radius 2 is 2.27 bits per heavy atom. The highest BCUT2D eigenvalue weighted by atomic mass is 32.1. The van der Waals surface area contributed by atoms with Crippen molar-refractivity contribution in [1.29, 1.82) is 0 Å². The van der Waals surface area contributed by atoms with E-state index in [-0.39, 0.29) is 0 Å². The zero-order valence-corrected chi connectivity index (χ0v) is 12.9. The summed E-state index contributed by atoms with van der Waals surface area (Å²) in [6, 6.07) is 3.92. The van der Waals surface area contributed by atoms with Gasteiger partial charge in [0.15, 0.2) is 0 Å². The van der Waals surface area contributed by atoms with Gasteiger partial charge in [-0.1, -0.05) is 11.3 Å². The molecule has 0 spiro atoms. The number of nitrogens with one attached hydrogen (secondary N) is 1. The molecule has 3 aromatic heterocycles. The van der Waals surface area contributed by atoms with Crippen LogP contribution in [0.2, 0.25) is 0 Å². The van der Waals surface area contributed by atoms with Crippen LogP contribution in [0.3, 0.4) is 0 Å². The summed E-state index contributed by atoms with van der Waals surface area (Å²) in [5.74, 6) is 0.677. The Hall–Kier alpha value is -1.99. The lowest BCUT2D eigenvalue weighted by Gasteiger charge is -2.21. The Balaban J connectivity index is 1.46. The van der Waals surface area contributed by atoms with Crippen molar-refractivity contribution < 1.29 is 4.74 Å². The van der Waals surface area contributed by atoms with Gasteiger partial charge >= 0.3 is 0 Å². The van der Waals surface area contributed by atoms with Gasteiger partial charge in [-0.15, -0.1) is 5.10 Å². The van der Waals surface area contributed by atoms with E-state index in [1.165, 1.54) is 0 Å². The molecule has 0 radical (unpaired) electrons. The number of pyridine rings is 1. The second-order valence-electron chi connectivity index (χ2n) is 5.44. The van der Waals surface area contributed by atoms with Gasteiger partial charge in [-0.3, -0.25) is 4.98 Å². The van der Waals surface area contributed by atoms with E-state index in [0.717, 1.165) is 53.9 Å². The molecule has 0 amide bonds. The van der Waals surface area contributed by atoms with Crippen LogP contribution in [-0.2, 0) is 4.74 Å². The molecule has 3 aromatic rings. The van der Waals surface area contributed by atoms with E-state index >= 15 is 0 Å². The summed E-state index contributed by atoms with van der Waals surface area (Å²) in [7, 11) is 0. The standard InChI is InChI=1S/C15H17N5OS/c1-2-12(9-16-5-1)13-10-20-15(18-13)22-14(19-20)17-8-11-3-6-21-7-4-11/h1-2,5,9-11H,3-4,6-8H2,(H,17,19). The predicted octanol–water partition coefficient (Wildman–Crippen LogP) is 2.69. The molecule has 0 unspecified atom stereocenters. The van der Waals surface area contributed by atoms with Gasteiger partial charge in [0.1, 0.15) is 0 Å². The maximum atomic E-state index is 5.38. The normalized spacial score (nSPS) is 16.2. The molecule has 0 aliphatic carbocycles. The number of ether oxygens (including phenoxy) is 1. The smallest absolute Gasteiger partial charge is 0.214 e. The lowest BCUT2D eigenvalue weighted by atomic mass is 10.0. The van der Waals surface area contributed by atoms with E-state index in [0.29, 0.717) is 5.92 Å². The molecule has 6 nitrogen and oxygen atoms in total. The Morgan fingerprint density at radius 3 is 3.05 bits per heavy atom. The van der Waals surface area contributed by atoms with Crippen LogP contribution in [0, 0.1) is 5.92 Å². The first-order valence-electron chi connectivity index (χ1n) is 7.47. The van der Waals surface area contributed by atoms with Crippen molar-refractivity contribution in [2.75, 3.05) is 25.1 Å². The number of hydrogen-bond donors (Lipinski definition) is 1. The first kappa shape index (κ1) is 13.7. The minimum atomic E-state index is 0.677. The number of fused-ring (bicyclic) bond motifs is 1. The Labute approximate surface area is 132 Å². The molecule has 4 heterocycles. The van der Waals surface area contributed by atoms with Crippen molar-refractivity contribution in [1.82, 2.24) is 19.6 Å². The van der Waals surface area contributed by atoms with Gasteiger partial charge < -0.3 is 10.1 Å². The number of rotatable bonds is 4. The third-order valence-corrected chi connectivity index (χ3v) is 4.76. The molecule has 0 aromatic carbocycles. The van der Waals surface area contributed by atoms with Crippen molar-refractivity contribution in [3.63, 3.8) is 0 Å². The monoisotopic (exact) mass is 315 g/mol. The third kappa shape index (κ3) is 2.82. The highest BCUT2D eigenvalue weighted by Gasteiger charge is 2.15. The summed E-state index contributed by atoms with van der Waals surface area (Å²) in [6.07, 6.45) is 7.78. The topological polar surface area (TPSA) is 64.3 Å². The molecular weight excluding hydrogens is 298 g/mol. The highest BCUT2D eigenvalue weighted by Crippen LogP contribution is 2.24. The summed E-state index contributed by atoms with van der Waals surface area (Å²) in [5, 5.41) is 8.90. The predicted molar refractivity (Wildman–Crippen MR) is 86.1 cm³/mol. The molecule has 114 valence electrons. The van der Waals surface area contributed by atoms with Gasteiger partial charge in [-0.05, 0) is 30.9 Å². The van der Waals surface area contributed by atoms with Crippen LogP contribution in [-0.4, -0.2) is 39.3 Å². The minimum absolute atomic E-state index is 0.677. The largest absolute Gasteiger partial charge is 0.381 e. The molecule has 22 heavy (non-hydrogen) atoms. The first-order valence-corrected chi connectivity index (χ1v) is 8.28. The number of anilines is 1. The van der Waals surface area contributed by atoms with Crippen LogP contribution < -0.4 is 5.32 Å². The summed E-state index contributed by atoms with van der Waals surface area (Å²) < 4.78 is 7.22. The average Bonchev–Trinajstić information content (AvgIpc) is 3.13. The molecule has 0 bridgehead atoms. The summed E-state index contributed by atoms with van der Waals surface area (Å²) in [4.78, 5) is 9.64. The lowest BCUT2D eigenvalue weighted by molar-refractivity contribution is 0.0699. The summed E-state index contributed by atoms with van der Waals surface area (Å²) in [5.41, 5.74) is 1.92. The molecule has 1 N–H and O–H groups in total. The SMILES string of the molecule is c1cncc(-c2cn3nc(NCC4CCOCC4)sc3n2)c1. The van der Waals surface area contributed by atoms with Crippen LogP contribution in [0.15, 0.2) is 30.7 Å². The molecule has 0 saturated carbocycles. The molecule has 4 rings (SSSR count). The minimum Gasteiger partial charge on any atom is -0.381 e. The van der Waals surface area contributed by atoms with Gasteiger partial charge in [0.25, 0.3) is 0 Å². The van der Waals surface area contributed by atoms with E-state index < -0.39 is 0 Å². The van der Waals surface area contributed by atoms with Crippen LogP contribution in [0.1, 0.15) is 12.8 Å². The second kappa shape index (κ2) is 6.02. The number of aromatic nitrogens is 4. The maximum absolute atomic E-state index is 5.38. The van der Waals surface area contributed by atoms with Crippen molar-refractivity contribution >= 4 is 21.4 Å². The fourth-order valence-electron chi connectivity index (χ4n) is 2.61. The second-order valence-corrected chi connectivity index (χ2v) is 6.39. The molecule has 1 aliphatic heterocycles. The molecule has 1 aliphatic rings. The van der Waals surface area contributed by atoms with Crippen LogP contribution >= 0.6 is 11.3 Å². The summed E-state index contributed by atoms with van der Waals surface area (Å²) in [6.45, 7) is 2.71. The number of nitrogens with zero attached hydrogens (tertiary/aromatic N) is 4. The van der Waals surface area contributed by atoms with Crippen LogP contribution in [0.25, 0.3) is 16.2 Å². The highest BCUT2D eigenvalue weighted by molar-refractivity contribution is 7.20. The third-order valence-electron chi connectivity index (χ3n) is 3.88. The van der Waals surface area contributed by atoms with Crippen molar-refractivity contribution in [2.24, 2.45) is 5.92 Å². The Kier molecular flexibility index (Phi) is 3.74. The van der Waals surface area contributed by atoms with Gasteiger partial charge in [-0.2, -0.15) is 0 Å². The van der Waals surface area contributed by atoms with E-state index in [4.69, 9.17) is 4.74 Å². The molecule has 0 atom stereocenters. The van der Waals surface area contributed by atoms with Crippen LogP contribution in [0.5, 0.6) is 0 Å². The van der Waals surface area contributed by atoms with Gasteiger partial charge in [0, 0.05) is 37.7 Å². The van der Waals surface area contributed by atoms with E-state index in [1.54, 1.807) is 17.5 Å². The van der Waals surface area contributed by atoms with Gasteiger partial charge in [-0.25, -0.2) is 9.50 Å². The first-order chi connectivity index (χ1) is 10.9. The molecular formula is C15H17N5OS. The Bertz CT molecular complexity index is 716. The summed E-state index contributed by atoms with van der Waals surface area (Å²) >= 11 is 1.58. The quantitative estimate of drug-likeness (QED) is 0.802. The number of imidazole rings is 1. The van der Waals surface area contributed by atoms with Crippen molar-refractivity contribution in [3.05, 3.63) is 30.7 Å². The van der Waals surface area contributed by atoms with E-state index in [1.807, 2.05) is 29.0 Å². The average molecular weight is 315 g/mol. The van der Waals surface area contributed by atoms with Crippen molar-refractivity contribution in [2.45, 2.75) is 12.8 Å². The van der Waals surface area contributed by atoms with Crippen LogP contribution in [0.4, 0.5) is 5.13 Å².